The fourth-order valence-electron chi connectivity index (χ4n) is 2.91. The summed E-state index contributed by atoms with van der Waals surface area (Å²) in [5.41, 5.74) is 0.726. The lowest BCUT2D eigenvalue weighted by Gasteiger charge is -2.14. The molecule has 3 aromatic rings. The van der Waals surface area contributed by atoms with Crippen LogP contribution in [0.4, 0.5) is 29.3 Å². The van der Waals surface area contributed by atoms with Crippen molar-refractivity contribution in [2.24, 2.45) is 0 Å². The average Bonchev–Trinajstić information content (AvgIpc) is 2.78. The Morgan fingerprint density at radius 2 is 1.65 bits per heavy atom. The van der Waals surface area contributed by atoms with Gasteiger partial charge >= 0.3 is 12.2 Å². The van der Waals surface area contributed by atoms with Crippen molar-refractivity contribution in [1.82, 2.24) is 4.72 Å². The fourth-order valence-corrected chi connectivity index (χ4v) is 3.18. The minimum atomic E-state index is -4.53. The summed E-state index contributed by atoms with van der Waals surface area (Å²) in [5, 5.41) is 14.9. The van der Waals surface area contributed by atoms with E-state index >= 15 is 0 Å². The van der Waals surface area contributed by atoms with Crippen molar-refractivity contribution in [1.29, 1.82) is 0 Å². The second-order valence-corrected chi connectivity index (χ2v) is 7.72. The predicted molar refractivity (Wildman–Crippen MR) is 119 cm³/mol. The Balaban J connectivity index is 1.56. The first kappa shape index (κ1) is 25.0. The van der Waals surface area contributed by atoms with Crippen molar-refractivity contribution in [3.8, 4) is 11.5 Å². The third-order valence-electron chi connectivity index (χ3n) is 4.52. The number of ether oxygens (including phenoxy) is 1. The van der Waals surface area contributed by atoms with Crippen LogP contribution in [0.15, 0.2) is 66.7 Å². The van der Waals surface area contributed by atoms with Gasteiger partial charge in [-0.3, -0.25) is 4.21 Å². The predicted octanol–water partition coefficient (Wildman–Crippen LogP) is 4.52. The van der Waals surface area contributed by atoms with Crippen LogP contribution in [0.3, 0.4) is 0 Å². The fraction of sp³-hybridized carbons (Fsp3) is 0.136. The maximum absolute atomic E-state index is 13.1. The van der Waals surface area contributed by atoms with E-state index in [-0.39, 0.29) is 30.2 Å². The molecule has 0 heterocycles. The van der Waals surface area contributed by atoms with Gasteiger partial charge in [-0.2, -0.15) is 13.2 Å². The van der Waals surface area contributed by atoms with Gasteiger partial charge in [0.05, 0.1) is 5.56 Å². The van der Waals surface area contributed by atoms with Gasteiger partial charge in [0.15, 0.2) is 0 Å². The molecule has 180 valence electrons. The molecule has 0 bridgehead atoms. The number of aromatic hydroxyl groups is 1. The van der Waals surface area contributed by atoms with Crippen LogP contribution in [0.5, 0.6) is 11.5 Å². The molecule has 12 heteroatoms. The summed E-state index contributed by atoms with van der Waals surface area (Å²) in [6, 6.07) is 14.8. The number of para-hydroxylation sites is 1. The second kappa shape index (κ2) is 11.0. The summed E-state index contributed by atoms with van der Waals surface area (Å²) in [6.45, 7) is -0.256. The second-order valence-electron chi connectivity index (χ2n) is 6.96. The van der Waals surface area contributed by atoms with Crippen molar-refractivity contribution in [2.75, 3.05) is 10.6 Å². The maximum Gasteiger partial charge on any atom is 0.419 e. The molecule has 0 saturated heterocycles. The van der Waals surface area contributed by atoms with Gasteiger partial charge < -0.3 is 25.0 Å². The molecule has 0 radical (unpaired) electrons. The highest BCUT2D eigenvalue weighted by Gasteiger charge is 2.33. The molecule has 1 unspecified atom stereocenters. The summed E-state index contributed by atoms with van der Waals surface area (Å²) in [5.74, 6) is -0.416. The summed E-state index contributed by atoms with van der Waals surface area (Å²) in [6.07, 6.45) is -4.53. The molecule has 0 spiro atoms. The van der Waals surface area contributed by atoms with Gasteiger partial charge in [0.25, 0.3) is 0 Å². The SMILES string of the molecule is O=C(Nc1ccc(COc2ccccc2C(F)(F)F)cc1)Nc1ccc(O)c(CNS(=O)[O-])c1. The van der Waals surface area contributed by atoms with Crippen LogP contribution in [-0.4, -0.2) is 19.9 Å². The molecule has 0 aliphatic rings. The van der Waals surface area contributed by atoms with Crippen LogP contribution >= 0.6 is 0 Å². The summed E-state index contributed by atoms with van der Waals surface area (Å²) >= 11 is -2.51. The summed E-state index contributed by atoms with van der Waals surface area (Å²) in [7, 11) is 0. The molecule has 1 atom stereocenters. The first-order valence-corrected chi connectivity index (χ1v) is 10.8. The van der Waals surface area contributed by atoms with Gasteiger partial charge in [-0.1, -0.05) is 24.3 Å². The highest BCUT2D eigenvalue weighted by Crippen LogP contribution is 2.36. The standard InChI is InChI=1S/C22H20F3N3O5S/c23-22(24,25)18-3-1-2-4-20(18)33-13-14-5-7-16(8-6-14)27-21(30)28-17-9-10-19(29)15(11-17)12-26-34(31)32/h1-11,26,29H,12-13H2,(H,31,32)(H2,27,28,30)/p-1. The number of phenols is 1. The monoisotopic (exact) mass is 494 g/mol. The minimum absolute atomic E-state index is 0.0992. The van der Waals surface area contributed by atoms with Crippen molar-refractivity contribution in [3.63, 3.8) is 0 Å². The molecular weight excluding hydrogens is 475 g/mol. The number of rotatable bonds is 8. The summed E-state index contributed by atoms with van der Waals surface area (Å²) in [4.78, 5) is 12.2. The zero-order valence-electron chi connectivity index (χ0n) is 17.4. The van der Waals surface area contributed by atoms with Crippen molar-refractivity contribution < 1.29 is 36.6 Å². The lowest BCUT2D eigenvalue weighted by molar-refractivity contribution is -0.139. The molecule has 0 aliphatic heterocycles. The molecule has 3 aromatic carbocycles. The molecule has 8 nitrogen and oxygen atoms in total. The third kappa shape index (κ3) is 7.20. The lowest BCUT2D eigenvalue weighted by atomic mass is 10.2. The Morgan fingerprint density at radius 3 is 2.32 bits per heavy atom. The van der Waals surface area contributed by atoms with E-state index in [4.69, 9.17) is 4.74 Å². The van der Waals surface area contributed by atoms with E-state index in [0.717, 1.165) is 6.07 Å². The van der Waals surface area contributed by atoms with Crippen LogP contribution in [0.2, 0.25) is 0 Å². The zero-order chi connectivity index (χ0) is 24.7. The van der Waals surface area contributed by atoms with Crippen molar-refractivity contribution >= 4 is 28.7 Å². The topological polar surface area (TPSA) is 123 Å². The number of carbonyl (C=O) groups is 1. The quantitative estimate of drug-likeness (QED) is 0.271. The maximum atomic E-state index is 13.1. The number of urea groups is 1. The first-order chi connectivity index (χ1) is 16.1. The van der Waals surface area contributed by atoms with Gasteiger partial charge in [-0.25, -0.2) is 9.52 Å². The van der Waals surface area contributed by atoms with E-state index in [1.807, 2.05) is 0 Å². The van der Waals surface area contributed by atoms with E-state index in [0.29, 0.717) is 16.9 Å². The Hall–Kier alpha value is -3.61. The molecule has 0 saturated carbocycles. The Kier molecular flexibility index (Phi) is 8.10. The van der Waals surface area contributed by atoms with Crippen LogP contribution in [-0.2, 0) is 30.6 Å². The number of benzene rings is 3. The number of alkyl halides is 3. The molecule has 4 N–H and O–H groups in total. The average molecular weight is 494 g/mol. The van der Waals surface area contributed by atoms with Crippen LogP contribution < -0.4 is 20.1 Å². The van der Waals surface area contributed by atoms with Gasteiger partial charge in [0.2, 0.25) is 0 Å². The van der Waals surface area contributed by atoms with E-state index in [2.05, 4.69) is 15.4 Å². The van der Waals surface area contributed by atoms with Gasteiger partial charge in [0.1, 0.15) is 18.1 Å². The number of hydrogen-bond acceptors (Lipinski definition) is 5. The molecule has 0 fully saturated rings. The Morgan fingerprint density at radius 1 is 1.00 bits per heavy atom. The van der Waals surface area contributed by atoms with E-state index < -0.39 is 29.0 Å². The molecule has 2 amide bonds. The normalized spacial score (nSPS) is 12.1. The highest BCUT2D eigenvalue weighted by atomic mass is 32.2. The Labute approximate surface area is 195 Å². The number of phenolic OH excluding ortho intramolecular Hbond substituents is 1. The van der Waals surface area contributed by atoms with Gasteiger partial charge in [-0.15, -0.1) is 0 Å². The first-order valence-electron chi connectivity index (χ1n) is 9.72. The third-order valence-corrected chi connectivity index (χ3v) is 4.90. The van der Waals surface area contributed by atoms with Crippen LogP contribution in [0.1, 0.15) is 16.7 Å². The van der Waals surface area contributed by atoms with E-state index in [9.17, 15) is 31.8 Å². The van der Waals surface area contributed by atoms with Crippen LogP contribution in [0, 0.1) is 0 Å². The lowest BCUT2D eigenvalue weighted by Crippen LogP contribution is -2.20. The number of hydrogen-bond donors (Lipinski definition) is 4. The molecular formula is C22H19F3N3O5S-. The highest BCUT2D eigenvalue weighted by molar-refractivity contribution is 7.77. The molecule has 34 heavy (non-hydrogen) atoms. The number of nitrogens with one attached hydrogen (secondary N) is 3. The zero-order valence-corrected chi connectivity index (χ0v) is 18.2. The number of amides is 2. The largest absolute Gasteiger partial charge is 0.760 e. The van der Waals surface area contributed by atoms with E-state index in [1.54, 1.807) is 24.3 Å². The number of halogens is 3. The Bertz CT molecular complexity index is 1170. The number of carbonyl (C=O) groups excluding carboxylic acids is 1. The molecule has 0 aliphatic carbocycles. The minimum Gasteiger partial charge on any atom is -0.760 e. The van der Waals surface area contributed by atoms with Crippen LogP contribution in [0.25, 0.3) is 0 Å². The number of anilines is 2. The van der Waals surface area contributed by atoms with E-state index in [1.165, 1.54) is 36.4 Å². The summed E-state index contributed by atoms with van der Waals surface area (Å²) < 4.78 is 67.8. The van der Waals surface area contributed by atoms with Gasteiger partial charge in [-0.05, 0) is 48.0 Å². The van der Waals surface area contributed by atoms with Crippen molar-refractivity contribution in [2.45, 2.75) is 19.3 Å². The van der Waals surface area contributed by atoms with Gasteiger partial charge in [0, 0.05) is 34.7 Å². The van der Waals surface area contributed by atoms with Crippen molar-refractivity contribution in [3.05, 3.63) is 83.4 Å². The molecule has 0 aromatic heterocycles. The smallest absolute Gasteiger partial charge is 0.419 e. The molecule has 3 rings (SSSR count).